The molecule has 0 radical (unpaired) electrons. The summed E-state index contributed by atoms with van der Waals surface area (Å²) >= 11 is 11.6. The van der Waals surface area contributed by atoms with E-state index in [0.29, 0.717) is 11.6 Å². The molecule has 1 atom stereocenters. The van der Waals surface area contributed by atoms with Crippen LogP contribution in [0.1, 0.15) is 0 Å². The van der Waals surface area contributed by atoms with E-state index in [1.54, 1.807) is 0 Å². The van der Waals surface area contributed by atoms with Crippen LogP contribution in [0.2, 0.25) is 5.02 Å². The van der Waals surface area contributed by atoms with Gasteiger partial charge in [0.05, 0.1) is 22.7 Å². The van der Waals surface area contributed by atoms with Crippen LogP contribution in [-0.2, 0) is 0 Å². The summed E-state index contributed by atoms with van der Waals surface area (Å²) in [7, 11) is 0. The molecule has 22 heavy (non-hydrogen) atoms. The standard InChI is InChI=1S/C16H15Cl2N3O/c17-7-14(22)8-19-13-3-1-2-11(6-13)15-10-21-9-12(18)4-5-16(21)20-15/h1-6,9-10,14,19,22H,7-8H2. The molecule has 4 nitrogen and oxygen atoms in total. The van der Waals surface area contributed by atoms with Crippen LogP contribution in [0.25, 0.3) is 16.9 Å². The van der Waals surface area contributed by atoms with Crippen molar-refractivity contribution in [2.45, 2.75) is 6.10 Å². The molecule has 1 unspecified atom stereocenters. The number of aliphatic hydroxyl groups is 1. The molecule has 0 aliphatic heterocycles. The molecule has 0 aliphatic rings. The minimum atomic E-state index is -0.567. The van der Waals surface area contributed by atoms with Crippen molar-refractivity contribution in [3.8, 4) is 11.3 Å². The highest BCUT2D eigenvalue weighted by atomic mass is 35.5. The summed E-state index contributed by atoms with van der Waals surface area (Å²) in [6.07, 6.45) is 3.20. The third kappa shape index (κ3) is 3.35. The van der Waals surface area contributed by atoms with Gasteiger partial charge in [-0.05, 0) is 24.3 Å². The third-order valence-electron chi connectivity index (χ3n) is 3.29. The number of fused-ring (bicyclic) bond motifs is 1. The average molecular weight is 336 g/mol. The Kier molecular flexibility index (Phi) is 4.52. The number of rotatable bonds is 5. The van der Waals surface area contributed by atoms with Crippen molar-refractivity contribution in [1.82, 2.24) is 9.38 Å². The summed E-state index contributed by atoms with van der Waals surface area (Å²) in [6.45, 7) is 0.410. The fraction of sp³-hybridized carbons (Fsp3) is 0.188. The number of benzene rings is 1. The van der Waals surface area contributed by atoms with Gasteiger partial charge in [0.25, 0.3) is 0 Å². The fourth-order valence-corrected chi connectivity index (χ4v) is 2.46. The van der Waals surface area contributed by atoms with Crippen molar-refractivity contribution in [3.05, 3.63) is 53.8 Å². The van der Waals surface area contributed by atoms with Gasteiger partial charge in [-0.2, -0.15) is 0 Å². The normalized spacial score (nSPS) is 12.5. The predicted molar refractivity (Wildman–Crippen MR) is 90.9 cm³/mol. The zero-order valence-electron chi connectivity index (χ0n) is 11.7. The Morgan fingerprint density at radius 3 is 2.91 bits per heavy atom. The lowest BCUT2D eigenvalue weighted by atomic mass is 10.1. The third-order valence-corrected chi connectivity index (χ3v) is 3.87. The molecule has 2 N–H and O–H groups in total. The maximum atomic E-state index is 9.50. The monoisotopic (exact) mass is 335 g/mol. The quantitative estimate of drug-likeness (QED) is 0.699. The molecule has 3 aromatic rings. The average Bonchev–Trinajstić information content (AvgIpc) is 2.96. The van der Waals surface area contributed by atoms with Crippen molar-refractivity contribution < 1.29 is 5.11 Å². The Morgan fingerprint density at radius 2 is 2.09 bits per heavy atom. The number of aliphatic hydroxyl groups excluding tert-OH is 1. The van der Waals surface area contributed by atoms with E-state index >= 15 is 0 Å². The summed E-state index contributed by atoms with van der Waals surface area (Å²) in [5.41, 5.74) is 3.61. The van der Waals surface area contributed by atoms with E-state index in [2.05, 4.69) is 10.3 Å². The maximum absolute atomic E-state index is 9.50. The topological polar surface area (TPSA) is 49.6 Å². The molecule has 0 amide bonds. The van der Waals surface area contributed by atoms with Gasteiger partial charge in [-0.3, -0.25) is 0 Å². The number of halogens is 2. The number of anilines is 1. The van der Waals surface area contributed by atoms with Crippen molar-refractivity contribution >= 4 is 34.5 Å². The molecule has 3 rings (SSSR count). The predicted octanol–water partition coefficient (Wildman–Crippen LogP) is 3.67. The molecule has 0 saturated carbocycles. The van der Waals surface area contributed by atoms with Gasteiger partial charge >= 0.3 is 0 Å². The second kappa shape index (κ2) is 6.57. The largest absolute Gasteiger partial charge is 0.390 e. The highest BCUT2D eigenvalue weighted by Crippen LogP contribution is 2.23. The van der Waals surface area contributed by atoms with Crippen LogP contribution in [-0.4, -0.2) is 33.0 Å². The summed E-state index contributed by atoms with van der Waals surface area (Å²) < 4.78 is 1.90. The van der Waals surface area contributed by atoms with E-state index in [9.17, 15) is 5.11 Å². The molecule has 6 heteroatoms. The molecule has 0 bridgehead atoms. The first-order chi connectivity index (χ1) is 10.7. The molecule has 2 aromatic heterocycles. The second-order valence-corrected chi connectivity index (χ2v) is 5.75. The number of nitrogens with one attached hydrogen (secondary N) is 1. The summed E-state index contributed by atoms with van der Waals surface area (Å²) in [6, 6.07) is 11.6. The number of hydrogen-bond acceptors (Lipinski definition) is 3. The van der Waals surface area contributed by atoms with Crippen LogP contribution in [0.5, 0.6) is 0 Å². The Balaban J connectivity index is 1.86. The Hall–Kier alpha value is -1.75. The van der Waals surface area contributed by atoms with Gasteiger partial charge in [-0.1, -0.05) is 23.7 Å². The van der Waals surface area contributed by atoms with E-state index < -0.39 is 6.10 Å². The first-order valence-corrected chi connectivity index (χ1v) is 7.79. The number of hydrogen-bond donors (Lipinski definition) is 2. The van der Waals surface area contributed by atoms with E-state index in [1.165, 1.54) is 0 Å². The van der Waals surface area contributed by atoms with Crippen LogP contribution in [0, 0.1) is 0 Å². The zero-order chi connectivity index (χ0) is 15.5. The van der Waals surface area contributed by atoms with E-state index in [0.717, 1.165) is 22.6 Å². The minimum absolute atomic E-state index is 0.208. The smallest absolute Gasteiger partial charge is 0.137 e. The van der Waals surface area contributed by atoms with Crippen LogP contribution in [0.3, 0.4) is 0 Å². The molecule has 0 aliphatic carbocycles. The van der Waals surface area contributed by atoms with Crippen molar-refractivity contribution in [2.75, 3.05) is 17.7 Å². The van der Waals surface area contributed by atoms with Gasteiger partial charge in [0, 0.05) is 30.2 Å². The molecule has 0 fully saturated rings. The van der Waals surface area contributed by atoms with Crippen LogP contribution in [0.4, 0.5) is 5.69 Å². The van der Waals surface area contributed by atoms with E-state index in [-0.39, 0.29) is 5.88 Å². The van der Waals surface area contributed by atoms with Crippen LogP contribution < -0.4 is 5.32 Å². The Labute approximate surface area is 138 Å². The molecule has 0 spiro atoms. The summed E-state index contributed by atoms with van der Waals surface area (Å²) in [4.78, 5) is 4.58. The number of pyridine rings is 1. The highest BCUT2D eigenvalue weighted by Gasteiger charge is 2.06. The molecular formula is C16H15Cl2N3O. The summed E-state index contributed by atoms with van der Waals surface area (Å²) in [5.74, 6) is 0.208. The van der Waals surface area contributed by atoms with Crippen molar-refractivity contribution in [2.24, 2.45) is 0 Å². The molecular weight excluding hydrogens is 321 g/mol. The van der Waals surface area contributed by atoms with Gasteiger partial charge in [-0.15, -0.1) is 11.6 Å². The minimum Gasteiger partial charge on any atom is -0.390 e. The number of aromatic nitrogens is 2. The van der Waals surface area contributed by atoms with Gasteiger partial charge in [0.2, 0.25) is 0 Å². The number of nitrogens with zero attached hydrogens (tertiary/aromatic N) is 2. The van der Waals surface area contributed by atoms with Gasteiger partial charge in [0.15, 0.2) is 0 Å². The lowest BCUT2D eigenvalue weighted by Gasteiger charge is -2.10. The fourth-order valence-electron chi connectivity index (χ4n) is 2.18. The Morgan fingerprint density at radius 1 is 1.23 bits per heavy atom. The molecule has 0 saturated heterocycles. The van der Waals surface area contributed by atoms with Crippen LogP contribution in [0.15, 0.2) is 48.8 Å². The van der Waals surface area contributed by atoms with E-state index in [4.69, 9.17) is 23.2 Å². The number of alkyl halides is 1. The number of imidazole rings is 1. The maximum Gasteiger partial charge on any atom is 0.137 e. The Bertz CT molecular complexity index is 788. The molecule has 2 heterocycles. The highest BCUT2D eigenvalue weighted by molar-refractivity contribution is 6.30. The second-order valence-electron chi connectivity index (χ2n) is 5.01. The van der Waals surface area contributed by atoms with Gasteiger partial charge in [-0.25, -0.2) is 4.98 Å². The lowest BCUT2D eigenvalue weighted by molar-refractivity contribution is 0.211. The van der Waals surface area contributed by atoms with Gasteiger partial charge in [0.1, 0.15) is 5.65 Å². The molecule has 1 aromatic carbocycles. The lowest BCUT2D eigenvalue weighted by Crippen LogP contribution is -2.20. The van der Waals surface area contributed by atoms with Crippen molar-refractivity contribution in [1.29, 1.82) is 0 Å². The first kappa shape index (κ1) is 15.2. The summed E-state index contributed by atoms with van der Waals surface area (Å²) in [5, 5.41) is 13.3. The van der Waals surface area contributed by atoms with E-state index in [1.807, 2.05) is 53.2 Å². The van der Waals surface area contributed by atoms with Crippen molar-refractivity contribution in [3.63, 3.8) is 0 Å². The van der Waals surface area contributed by atoms with Crippen LogP contribution >= 0.6 is 23.2 Å². The molecule has 114 valence electrons. The SMILES string of the molecule is OC(CCl)CNc1cccc(-c2cn3cc(Cl)ccc3n2)c1. The first-order valence-electron chi connectivity index (χ1n) is 6.88. The zero-order valence-corrected chi connectivity index (χ0v) is 13.2. The van der Waals surface area contributed by atoms with Gasteiger partial charge < -0.3 is 14.8 Å².